The highest BCUT2D eigenvalue weighted by molar-refractivity contribution is 5.79. The summed E-state index contributed by atoms with van der Waals surface area (Å²) in [5.41, 5.74) is -0.613. The number of carbonyl (C=O) groups excluding carboxylic acids is 1. The van der Waals surface area contributed by atoms with Gasteiger partial charge in [-0.2, -0.15) is 0 Å². The number of Topliss-reactive ketones (excluding diaryl/α,β-unsaturated/α-hetero) is 1. The molecule has 0 heterocycles. The molecule has 0 aromatic heterocycles. The maximum atomic E-state index is 10.9. The number of aliphatic hydroxyl groups is 1. The zero-order valence-electron chi connectivity index (χ0n) is 8.10. The Balaban J connectivity index is 2.36. The van der Waals surface area contributed by atoms with Gasteiger partial charge in [0.25, 0.3) is 0 Å². The summed E-state index contributed by atoms with van der Waals surface area (Å²) in [6.07, 6.45) is 3.77. The van der Waals surface area contributed by atoms with Gasteiger partial charge >= 0.3 is 0 Å². The van der Waals surface area contributed by atoms with Crippen LogP contribution in [0, 0.1) is 11.8 Å². The van der Waals surface area contributed by atoms with Crippen molar-refractivity contribution in [2.75, 3.05) is 0 Å². The Bertz CT molecular complexity index is 235. The van der Waals surface area contributed by atoms with E-state index in [1.165, 1.54) is 0 Å². The van der Waals surface area contributed by atoms with Gasteiger partial charge in [0, 0.05) is 19.3 Å². The van der Waals surface area contributed by atoms with Crippen molar-refractivity contribution in [3.63, 3.8) is 0 Å². The largest absolute Gasteiger partial charge is 0.390 e. The summed E-state index contributed by atoms with van der Waals surface area (Å²) in [7, 11) is 0. The maximum absolute atomic E-state index is 10.9. The molecule has 0 aliphatic heterocycles. The summed E-state index contributed by atoms with van der Waals surface area (Å²) in [5.74, 6) is 6.03. The molecular formula is C11H16O2. The van der Waals surface area contributed by atoms with E-state index in [-0.39, 0.29) is 5.78 Å². The van der Waals surface area contributed by atoms with Crippen molar-refractivity contribution in [1.82, 2.24) is 0 Å². The summed E-state index contributed by atoms with van der Waals surface area (Å²) in [6, 6.07) is 0. The lowest BCUT2D eigenvalue weighted by Crippen LogP contribution is -2.33. The molecule has 13 heavy (non-hydrogen) atoms. The van der Waals surface area contributed by atoms with Crippen LogP contribution in [0.5, 0.6) is 0 Å². The zero-order valence-corrected chi connectivity index (χ0v) is 8.10. The van der Waals surface area contributed by atoms with Gasteiger partial charge in [-0.05, 0) is 26.2 Å². The van der Waals surface area contributed by atoms with Crippen molar-refractivity contribution in [2.45, 2.75) is 51.0 Å². The minimum absolute atomic E-state index is 0.284. The van der Waals surface area contributed by atoms with Gasteiger partial charge in [-0.25, -0.2) is 0 Å². The molecule has 0 aromatic rings. The Hall–Kier alpha value is -0.810. The predicted molar refractivity (Wildman–Crippen MR) is 51.1 cm³/mol. The first kappa shape index (κ1) is 10.3. The summed E-state index contributed by atoms with van der Waals surface area (Å²) < 4.78 is 0. The van der Waals surface area contributed by atoms with Gasteiger partial charge in [-0.3, -0.25) is 4.79 Å². The van der Waals surface area contributed by atoms with E-state index in [4.69, 9.17) is 0 Å². The van der Waals surface area contributed by atoms with Crippen molar-refractivity contribution in [3.8, 4) is 11.8 Å². The normalized spacial score (nSPS) is 20.6. The first-order chi connectivity index (χ1) is 6.16. The molecule has 0 bridgehead atoms. The summed E-state index contributed by atoms with van der Waals surface area (Å²) in [6.45, 7) is 1.80. The molecule has 0 unspecified atom stereocenters. The van der Waals surface area contributed by atoms with Crippen LogP contribution in [0.25, 0.3) is 0 Å². The van der Waals surface area contributed by atoms with Crippen molar-refractivity contribution >= 4 is 5.78 Å². The maximum Gasteiger partial charge on any atom is 0.133 e. The summed E-state index contributed by atoms with van der Waals surface area (Å²) in [5, 5.41) is 10.00. The van der Waals surface area contributed by atoms with E-state index in [1.54, 1.807) is 6.92 Å². The van der Waals surface area contributed by atoms with Crippen LogP contribution in [0.3, 0.4) is 0 Å². The Morgan fingerprint density at radius 3 is 2.62 bits per heavy atom. The van der Waals surface area contributed by atoms with E-state index in [1.807, 2.05) is 0 Å². The number of ketones is 1. The minimum atomic E-state index is -0.613. The first-order valence-corrected chi connectivity index (χ1v) is 4.80. The number of rotatable bonds is 2. The van der Waals surface area contributed by atoms with Gasteiger partial charge in [-0.1, -0.05) is 0 Å². The van der Waals surface area contributed by atoms with Crippen LogP contribution >= 0.6 is 0 Å². The fraction of sp³-hybridized carbons (Fsp3) is 0.727. The number of carbonyl (C=O) groups is 1. The van der Waals surface area contributed by atoms with Crippen LogP contribution in [0.2, 0.25) is 0 Å². The molecule has 1 N–H and O–H groups in total. The molecule has 1 saturated carbocycles. The zero-order chi connectivity index (χ0) is 9.73. The van der Waals surface area contributed by atoms with E-state index >= 15 is 0 Å². The Morgan fingerprint density at radius 1 is 1.46 bits per heavy atom. The molecule has 0 atom stereocenters. The molecule has 1 aliphatic carbocycles. The molecule has 2 heteroatoms. The van der Waals surface area contributed by atoms with Crippen LogP contribution in [0.4, 0.5) is 0 Å². The average molecular weight is 180 g/mol. The third-order valence-corrected chi connectivity index (χ3v) is 2.63. The fourth-order valence-electron chi connectivity index (χ4n) is 1.66. The molecule has 0 spiro atoms. The van der Waals surface area contributed by atoms with Gasteiger partial charge in [-0.15, -0.1) is 11.8 Å². The number of hydrogen-bond acceptors (Lipinski definition) is 2. The Kier molecular flexibility index (Phi) is 3.50. The van der Waals surface area contributed by atoms with Crippen molar-refractivity contribution in [3.05, 3.63) is 0 Å². The van der Waals surface area contributed by atoms with Crippen molar-refractivity contribution in [1.29, 1.82) is 0 Å². The second-order valence-electron chi connectivity index (χ2n) is 3.69. The molecule has 0 radical (unpaired) electrons. The monoisotopic (exact) mass is 180 g/mol. The van der Waals surface area contributed by atoms with Crippen molar-refractivity contribution in [2.24, 2.45) is 0 Å². The topological polar surface area (TPSA) is 37.3 Å². The van der Waals surface area contributed by atoms with E-state index in [2.05, 4.69) is 11.8 Å². The van der Waals surface area contributed by atoms with Crippen LogP contribution < -0.4 is 0 Å². The van der Waals surface area contributed by atoms with Gasteiger partial charge in [0.05, 0.1) is 5.60 Å². The molecule has 0 aromatic carbocycles. The average Bonchev–Trinajstić information content (AvgIpc) is 2.12. The van der Waals surface area contributed by atoms with Crippen LogP contribution in [0.1, 0.15) is 45.4 Å². The standard InChI is InChI=1S/C11H16O2/c1-2-3-4-7-11(13)8-5-10(12)6-9-11/h13H,4-9H2,1H3. The van der Waals surface area contributed by atoms with E-state index in [0.29, 0.717) is 32.1 Å². The van der Waals surface area contributed by atoms with E-state index < -0.39 is 5.60 Å². The molecule has 1 aliphatic rings. The molecule has 72 valence electrons. The Labute approximate surface area is 79.3 Å². The Morgan fingerprint density at radius 2 is 2.08 bits per heavy atom. The van der Waals surface area contributed by atoms with Gasteiger partial charge in [0.15, 0.2) is 0 Å². The molecular weight excluding hydrogens is 164 g/mol. The SMILES string of the molecule is CC#CCCC1(O)CCC(=O)CC1. The highest BCUT2D eigenvalue weighted by Gasteiger charge is 2.31. The fourth-order valence-corrected chi connectivity index (χ4v) is 1.66. The van der Waals surface area contributed by atoms with Gasteiger partial charge in [0.2, 0.25) is 0 Å². The van der Waals surface area contributed by atoms with Crippen LogP contribution in [-0.4, -0.2) is 16.5 Å². The lowest BCUT2D eigenvalue weighted by molar-refractivity contribution is -0.125. The second kappa shape index (κ2) is 4.43. The third-order valence-electron chi connectivity index (χ3n) is 2.63. The molecule has 0 saturated heterocycles. The first-order valence-electron chi connectivity index (χ1n) is 4.80. The second-order valence-corrected chi connectivity index (χ2v) is 3.69. The van der Waals surface area contributed by atoms with Gasteiger partial charge in [0.1, 0.15) is 5.78 Å². The lowest BCUT2D eigenvalue weighted by Gasteiger charge is -2.30. The molecule has 2 nitrogen and oxygen atoms in total. The molecule has 1 rings (SSSR count). The van der Waals surface area contributed by atoms with E-state index in [0.717, 1.165) is 6.42 Å². The lowest BCUT2D eigenvalue weighted by atomic mass is 9.81. The van der Waals surface area contributed by atoms with Crippen LogP contribution in [-0.2, 0) is 4.79 Å². The minimum Gasteiger partial charge on any atom is -0.390 e. The smallest absolute Gasteiger partial charge is 0.133 e. The van der Waals surface area contributed by atoms with Crippen molar-refractivity contribution < 1.29 is 9.90 Å². The summed E-state index contributed by atoms with van der Waals surface area (Å²) in [4.78, 5) is 10.9. The van der Waals surface area contributed by atoms with Crippen LogP contribution in [0.15, 0.2) is 0 Å². The molecule has 0 amide bonds. The summed E-state index contributed by atoms with van der Waals surface area (Å²) >= 11 is 0. The third kappa shape index (κ3) is 3.20. The number of hydrogen-bond donors (Lipinski definition) is 1. The highest BCUT2D eigenvalue weighted by Crippen LogP contribution is 2.29. The quantitative estimate of drug-likeness (QED) is 0.656. The van der Waals surface area contributed by atoms with E-state index in [9.17, 15) is 9.90 Å². The molecule has 1 fully saturated rings. The predicted octanol–water partition coefficient (Wildman–Crippen LogP) is 1.66. The van der Waals surface area contributed by atoms with Gasteiger partial charge < -0.3 is 5.11 Å². The highest BCUT2D eigenvalue weighted by atomic mass is 16.3.